The third-order valence-corrected chi connectivity index (χ3v) is 4.51. The SMILES string of the molecule is C[N+](C)(CCO)CCCNS(=O)(=O)C(F)(F)C(F)(F)C(F)(F)F. The minimum atomic E-state index is -6.72. The Hall–Kier alpha value is -0.660. The topological polar surface area (TPSA) is 66.4 Å². The lowest BCUT2D eigenvalue weighted by Crippen LogP contribution is -2.59. The first-order valence-electron chi connectivity index (χ1n) is 6.26. The number of hydrogen-bond donors (Lipinski definition) is 2. The maximum atomic E-state index is 13.1. The number of likely N-dealkylation sites (N-methyl/N-ethyl adjacent to an activating group) is 1. The summed E-state index contributed by atoms with van der Waals surface area (Å²) in [6.07, 6.45) is -6.83. The van der Waals surface area contributed by atoms with Crippen molar-refractivity contribution in [1.29, 1.82) is 0 Å². The van der Waals surface area contributed by atoms with Crippen LogP contribution in [0.5, 0.6) is 0 Å². The van der Waals surface area contributed by atoms with E-state index in [1.54, 1.807) is 14.1 Å². The van der Waals surface area contributed by atoms with Crippen molar-refractivity contribution in [2.75, 3.05) is 40.3 Å². The Kier molecular flexibility index (Phi) is 6.87. The van der Waals surface area contributed by atoms with Crippen molar-refractivity contribution >= 4 is 10.0 Å². The molecule has 0 amide bonds. The van der Waals surface area contributed by atoms with Gasteiger partial charge in [0.15, 0.2) is 0 Å². The van der Waals surface area contributed by atoms with Gasteiger partial charge in [-0.05, 0) is 0 Å². The van der Waals surface area contributed by atoms with E-state index < -0.39 is 33.9 Å². The molecule has 0 saturated heterocycles. The maximum Gasteiger partial charge on any atom is 0.461 e. The van der Waals surface area contributed by atoms with Gasteiger partial charge in [0.2, 0.25) is 0 Å². The smallest absolute Gasteiger partial charge is 0.391 e. The van der Waals surface area contributed by atoms with E-state index in [2.05, 4.69) is 0 Å². The van der Waals surface area contributed by atoms with E-state index in [-0.39, 0.29) is 30.6 Å². The monoisotopic (exact) mass is 379 g/mol. The van der Waals surface area contributed by atoms with Gasteiger partial charge in [-0.2, -0.15) is 30.7 Å². The summed E-state index contributed by atoms with van der Waals surface area (Å²) in [5, 5.41) is 2.40. The second-order valence-electron chi connectivity index (χ2n) is 5.45. The van der Waals surface area contributed by atoms with Crippen LogP contribution in [0.2, 0.25) is 0 Å². The summed E-state index contributed by atoms with van der Waals surface area (Å²) >= 11 is 0. The molecular formula is C10H18F7N2O3S+. The third kappa shape index (κ3) is 5.16. The summed E-state index contributed by atoms with van der Waals surface area (Å²) in [5.74, 6) is -6.72. The van der Waals surface area contributed by atoms with E-state index in [1.165, 1.54) is 0 Å². The number of sulfonamides is 1. The molecule has 0 bridgehead atoms. The molecule has 5 nitrogen and oxygen atoms in total. The van der Waals surface area contributed by atoms with E-state index in [0.29, 0.717) is 0 Å². The quantitative estimate of drug-likeness (QED) is 0.359. The number of alkyl halides is 7. The minimum absolute atomic E-state index is 0.111. The Bertz CT molecular complexity index is 491. The Morgan fingerprint density at radius 3 is 1.87 bits per heavy atom. The number of halogens is 7. The highest BCUT2D eigenvalue weighted by Crippen LogP contribution is 2.48. The molecule has 2 N–H and O–H groups in total. The van der Waals surface area contributed by atoms with E-state index in [1.807, 2.05) is 0 Å². The Labute approximate surface area is 128 Å². The number of nitrogens with zero attached hydrogens (tertiary/aromatic N) is 1. The molecule has 0 rings (SSSR count). The molecule has 0 aliphatic carbocycles. The highest BCUT2D eigenvalue weighted by atomic mass is 32.2. The molecule has 13 heteroatoms. The first kappa shape index (κ1) is 22.3. The zero-order valence-electron chi connectivity index (χ0n) is 12.3. The average Bonchev–Trinajstić information content (AvgIpc) is 2.32. The molecular weight excluding hydrogens is 361 g/mol. The van der Waals surface area contributed by atoms with Gasteiger partial charge in [-0.15, -0.1) is 0 Å². The molecule has 0 heterocycles. The predicted octanol–water partition coefficient (Wildman–Crippen LogP) is 1.16. The van der Waals surface area contributed by atoms with Crippen LogP contribution in [0.1, 0.15) is 6.42 Å². The van der Waals surface area contributed by atoms with Gasteiger partial charge in [-0.1, -0.05) is 0 Å². The summed E-state index contributed by atoms with van der Waals surface area (Å²) in [6.45, 7) is -0.521. The number of aliphatic hydroxyl groups excluding tert-OH is 1. The number of rotatable bonds is 9. The van der Waals surface area contributed by atoms with Crippen LogP contribution in [0, 0.1) is 0 Å². The molecule has 0 saturated carbocycles. The Morgan fingerprint density at radius 1 is 1.00 bits per heavy atom. The van der Waals surface area contributed by atoms with Crippen molar-refractivity contribution in [3.63, 3.8) is 0 Å². The van der Waals surface area contributed by atoms with Crippen molar-refractivity contribution in [2.45, 2.75) is 23.8 Å². The van der Waals surface area contributed by atoms with Crippen molar-refractivity contribution in [2.24, 2.45) is 0 Å². The zero-order valence-corrected chi connectivity index (χ0v) is 13.1. The van der Waals surface area contributed by atoms with Crippen molar-refractivity contribution < 1.29 is 48.7 Å². The van der Waals surface area contributed by atoms with Gasteiger partial charge in [-0.3, -0.25) is 0 Å². The molecule has 0 atom stereocenters. The van der Waals surface area contributed by atoms with E-state index in [4.69, 9.17) is 5.11 Å². The summed E-state index contributed by atoms with van der Waals surface area (Å²) in [5.41, 5.74) is 0. The molecule has 0 spiro atoms. The highest BCUT2D eigenvalue weighted by molar-refractivity contribution is 7.90. The van der Waals surface area contributed by atoms with Gasteiger partial charge in [-0.25, -0.2) is 13.1 Å². The summed E-state index contributed by atoms with van der Waals surface area (Å²) in [4.78, 5) is 0. The normalized spacial score (nSPS) is 15.0. The van der Waals surface area contributed by atoms with Crippen LogP contribution in [-0.2, 0) is 10.0 Å². The van der Waals surface area contributed by atoms with E-state index in [0.717, 1.165) is 4.72 Å². The fourth-order valence-electron chi connectivity index (χ4n) is 1.52. The third-order valence-electron chi connectivity index (χ3n) is 3.00. The summed E-state index contributed by atoms with van der Waals surface area (Å²) in [7, 11) is -3.00. The van der Waals surface area contributed by atoms with Crippen molar-refractivity contribution in [3.05, 3.63) is 0 Å². The molecule has 0 aliphatic heterocycles. The van der Waals surface area contributed by atoms with E-state index in [9.17, 15) is 39.2 Å². The van der Waals surface area contributed by atoms with Crippen LogP contribution in [0.25, 0.3) is 0 Å². The van der Waals surface area contributed by atoms with Gasteiger partial charge < -0.3 is 9.59 Å². The molecule has 140 valence electrons. The Morgan fingerprint density at radius 2 is 1.48 bits per heavy atom. The second kappa shape index (κ2) is 7.07. The molecule has 0 aromatic heterocycles. The Balaban J connectivity index is 4.89. The fraction of sp³-hybridized carbons (Fsp3) is 1.00. The lowest BCUT2D eigenvalue weighted by Gasteiger charge is -2.29. The zero-order chi connectivity index (χ0) is 18.7. The summed E-state index contributed by atoms with van der Waals surface area (Å²) in [6, 6.07) is 0. The van der Waals surface area contributed by atoms with Gasteiger partial charge in [0.05, 0.1) is 27.2 Å². The van der Waals surface area contributed by atoms with Crippen LogP contribution in [-0.4, -0.2) is 75.7 Å². The number of quaternary nitrogens is 1. The number of hydrogen-bond acceptors (Lipinski definition) is 3. The van der Waals surface area contributed by atoms with Gasteiger partial charge in [0.1, 0.15) is 6.54 Å². The second-order valence-corrected chi connectivity index (χ2v) is 7.26. The molecule has 0 radical (unpaired) electrons. The maximum absolute atomic E-state index is 13.1. The fourth-order valence-corrected chi connectivity index (χ4v) is 2.57. The average molecular weight is 379 g/mol. The number of nitrogens with one attached hydrogen (secondary N) is 1. The van der Waals surface area contributed by atoms with Crippen LogP contribution in [0.4, 0.5) is 30.7 Å². The molecule has 0 aliphatic rings. The first-order chi connectivity index (χ1) is 10.0. The van der Waals surface area contributed by atoms with Crippen LogP contribution < -0.4 is 4.72 Å². The van der Waals surface area contributed by atoms with Crippen LogP contribution >= 0.6 is 0 Å². The highest BCUT2D eigenvalue weighted by Gasteiger charge is 2.78. The van der Waals surface area contributed by atoms with E-state index >= 15 is 0 Å². The van der Waals surface area contributed by atoms with Gasteiger partial charge in [0.25, 0.3) is 10.0 Å². The van der Waals surface area contributed by atoms with Gasteiger partial charge >= 0.3 is 17.4 Å². The molecule has 0 aromatic carbocycles. The predicted molar refractivity (Wildman–Crippen MR) is 66.4 cm³/mol. The lowest BCUT2D eigenvalue weighted by atomic mass is 10.3. The molecule has 0 fully saturated rings. The van der Waals surface area contributed by atoms with Crippen molar-refractivity contribution in [1.82, 2.24) is 4.72 Å². The minimum Gasteiger partial charge on any atom is -0.391 e. The summed E-state index contributed by atoms with van der Waals surface area (Å²) < 4.78 is 111. The van der Waals surface area contributed by atoms with Crippen molar-refractivity contribution in [3.8, 4) is 0 Å². The number of aliphatic hydroxyl groups is 1. The van der Waals surface area contributed by atoms with Crippen LogP contribution in [0.3, 0.4) is 0 Å². The van der Waals surface area contributed by atoms with Gasteiger partial charge in [0, 0.05) is 13.0 Å². The van der Waals surface area contributed by atoms with Crippen LogP contribution in [0.15, 0.2) is 0 Å². The first-order valence-corrected chi connectivity index (χ1v) is 7.74. The lowest BCUT2D eigenvalue weighted by molar-refractivity contribution is -0.890. The largest absolute Gasteiger partial charge is 0.461 e. The molecule has 23 heavy (non-hydrogen) atoms. The standard InChI is InChI=1S/C10H18F7N2O3S/c1-19(2,6-7-20)5-3-4-18-23(21,22)10(16,17)8(11,12)9(13,14)15/h18,20H,3-7H2,1-2H3/q+1. The molecule has 0 unspecified atom stereocenters. The molecule has 0 aromatic rings.